The van der Waals surface area contributed by atoms with Gasteiger partial charge in [-0.3, -0.25) is 4.57 Å². The van der Waals surface area contributed by atoms with Crippen LogP contribution in [-0.2, 0) is 9.13 Å². The summed E-state index contributed by atoms with van der Waals surface area (Å²) in [5.74, 6) is 0. The molecule has 0 rings (SSSR count). The van der Waals surface area contributed by atoms with Crippen LogP contribution in [0, 0.1) is 0 Å². The molecule has 0 heterocycles. The third-order valence-electron chi connectivity index (χ3n) is 0.669. The monoisotopic (exact) mass is 253 g/mol. The van der Waals surface area contributed by atoms with Gasteiger partial charge in [0.1, 0.15) is 5.52 Å². The molecule has 0 bridgehead atoms. The molecule has 0 amide bonds. The maximum Gasteiger partial charge on any atom is 1.00 e. The number of rotatable bonds is 2. The molecule has 12 heteroatoms. The van der Waals surface area contributed by atoms with Crippen molar-refractivity contribution in [3.05, 3.63) is 0 Å². The third kappa shape index (κ3) is 10.5. The van der Waals surface area contributed by atoms with Crippen LogP contribution in [0.15, 0.2) is 0 Å². The molecule has 8 nitrogen and oxygen atoms in total. The van der Waals surface area contributed by atoms with Crippen molar-refractivity contribution in [2.75, 3.05) is 0 Å². The summed E-state index contributed by atoms with van der Waals surface area (Å²) in [6, 6.07) is 0. The van der Waals surface area contributed by atoms with E-state index < -0.39 is 20.7 Å². The van der Waals surface area contributed by atoms with Crippen LogP contribution in [0.5, 0.6) is 0 Å². The van der Waals surface area contributed by atoms with Crippen LogP contribution in [0.25, 0.3) is 0 Å². The molecule has 1 unspecified atom stereocenters. The molecular formula is CH7NNa2O7P2. The van der Waals surface area contributed by atoms with Crippen molar-refractivity contribution in [3.8, 4) is 0 Å². The van der Waals surface area contributed by atoms with Crippen LogP contribution in [-0.4, -0.2) is 20.8 Å². The van der Waals surface area contributed by atoms with Crippen molar-refractivity contribution >= 4 is 15.2 Å². The van der Waals surface area contributed by atoms with E-state index in [2.05, 4.69) is 5.73 Å². The fraction of sp³-hybridized carbons (Fsp3) is 1.00. The Morgan fingerprint density at radius 3 is 1.38 bits per heavy atom. The summed E-state index contributed by atoms with van der Waals surface area (Å²) in [6.07, 6.45) is 0. The summed E-state index contributed by atoms with van der Waals surface area (Å²) in [7, 11) is -10.4. The van der Waals surface area contributed by atoms with Gasteiger partial charge < -0.3 is 35.3 Å². The minimum absolute atomic E-state index is 0. The van der Waals surface area contributed by atoms with Gasteiger partial charge in [0.2, 0.25) is 0 Å². The number of hydrogen-bond donors (Lipinski definition) is 3. The summed E-state index contributed by atoms with van der Waals surface area (Å²) in [4.78, 5) is 35.7. The van der Waals surface area contributed by atoms with E-state index in [1.807, 2.05) is 0 Å². The Balaban J connectivity index is -0.000000135. The average Bonchev–Trinajstić information content (AvgIpc) is 1.59. The summed E-state index contributed by atoms with van der Waals surface area (Å²) in [6.45, 7) is 0. The second-order valence-electron chi connectivity index (χ2n) is 1.54. The maximum atomic E-state index is 9.98. The zero-order valence-corrected chi connectivity index (χ0v) is 12.9. The van der Waals surface area contributed by atoms with Crippen LogP contribution in [0.1, 0.15) is 0 Å². The maximum absolute atomic E-state index is 9.98. The van der Waals surface area contributed by atoms with E-state index in [4.69, 9.17) is 9.79 Å². The van der Waals surface area contributed by atoms with Gasteiger partial charge in [-0.25, -0.2) is 0 Å². The Labute approximate surface area is 118 Å². The molecule has 0 saturated carbocycles. The molecule has 0 aliphatic carbocycles. The molecule has 70 valence electrons. The van der Waals surface area contributed by atoms with Crippen molar-refractivity contribution < 1.29 is 93.3 Å². The van der Waals surface area contributed by atoms with Gasteiger partial charge in [-0.1, -0.05) is 0 Å². The molecular weight excluding hydrogens is 246 g/mol. The minimum Gasteiger partial charge on any atom is -0.809 e. The van der Waals surface area contributed by atoms with E-state index in [0.717, 1.165) is 0 Å². The van der Waals surface area contributed by atoms with Crippen molar-refractivity contribution in [1.29, 1.82) is 0 Å². The van der Waals surface area contributed by atoms with Gasteiger partial charge in [0, 0.05) is 0 Å². The molecule has 0 radical (unpaired) electrons. The first-order chi connectivity index (χ1) is 4.15. The molecule has 0 aromatic heterocycles. The van der Waals surface area contributed by atoms with E-state index in [1.165, 1.54) is 0 Å². The van der Waals surface area contributed by atoms with E-state index in [0.29, 0.717) is 0 Å². The molecule has 13 heavy (non-hydrogen) atoms. The fourth-order valence-corrected chi connectivity index (χ4v) is 1.66. The molecule has 0 aromatic carbocycles. The molecule has 0 spiro atoms. The standard InChI is InChI=1S/CH7NO6P2.2Na.H2O/c2-1(9(3,4)5)10(6,7)8;;;/h1H,2H2,(H2,3,4,5)(H2,6,7,8);;;1H2/q;2*+1;/p-2. The predicted molar refractivity (Wildman–Crippen MR) is 31.2 cm³/mol. The molecule has 0 aromatic rings. The van der Waals surface area contributed by atoms with E-state index >= 15 is 0 Å². The van der Waals surface area contributed by atoms with Gasteiger partial charge in [-0.2, -0.15) is 0 Å². The van der Waals surface area contributed by atoms with Gasteiger partial charge in [0.15, 0.2) is 0 Å². The minimum atomic E-state index is -5.36. The van der Waals surface area contributed by atoms with Crippen LogP contribution in [0.2, 0.25) is 0 Å². The summed E-state index contributed by atoms with van der Waals surface area (Å²) in [5, 5.41) is 0. The van der Waals surface area contributed by atoms with E-state index in [-0.39, 0.29) is 64.6 Å². The molecule has 0 saturated heterocycles. The molecule has 0 aliphatic heterocycles. The quantitative estimate of drug-likeness (QED) is 0.322. The Kier molecular flexibility index (Phi) is 15.8. The van der Waals surface area contributed by atoms with Gasteiger partial charge in [-0.15, -0.1) is 0 Å². The van der Waals surface area contributed by atoms with Crippen molar-refractivity contribution in [2.45, 2.75) is 5.52 Å². The topological polar surface area (TPSA) is 178 Å². The molecule has 0 fully saturated rings. The molecule has 0 aliphatic rings. The van der Waals surface area contributed by atoms with Gasteiger partial charge in [0.25, 0.3) is 0 Å². The zero-order valence-electron chi connectivity index (χ0n) is 7.08. The Bertz CT molecular complexity index is 187. The zero-order chi connectivity index (χ0) is 8.58. The second-order valence-corrected chi connectivity index (χ2v) is 5.32. The van der Waals surface area contributed by atoms with Crippen LogP contribution < -0.4 is 74.6 Å². The van der Waals surface area contributed by atoms with E-state index in [1.54, 1.807) is 0 Å². The van der Waals surface area contributed by atoms with Crippen molar-refractivity contribution in [1.82, 2.24) is 0 Å². The summed E-state index contributed by atoms with van der Waals surface area (Å²) < 4.78 is 19.8. The Morgan fingerprint density at radius 1 is 1.15 bits per heavy atom. The van der Waals surface area contributed by atoms with Crippen LogP contribution in [0.3, 0.4) is 0 Å². The average molecular weight is 253 g/mol. The SMILES string of the molecule is NC(P(=O)([O-])[O-])P(=O)(O)O.O.[Na+].[Na+]. The van der Waals surface area contributed by atoms with Crippen LogP contribution >= 0.6 is 15.2 Å². The predicted octanol–water partition coefficient (Wildman–Crippen LogP) is -9.50. The van der Waals surface area contributed by atoms with Crippen LogP contribution in [0.4, 0.5) is 0 Å². The summed E-state index contributed by atoms with van der Waals surface area (Å²) in [5.41, 5.74) is 1.75. The van der Waals surface area contributed by atoms with E-state index in [9.17, 15) is 18.9 Å². The first kappa shape index (κ1) is 24.4. The second kappa shape index (κ2) is 8.38. The first-order valence-corrected chi connectivity index (χ1v) is 5.27. The van der Waals surface area contributed by atoms with Gasteiger partial charge in [0.05, 0.1) is 0 Å². The Morgan fingerprint density at radius 2 is 1.38 bits per heavy atom. The largest absolute Gasteiger partial charge is 1.00 e. The third-order valence-corrected chi connectivity index (χ3v) is 3.76. The van der Waals surface area contributed by atoms with Gasteiger partial charge in [-0.05, 0) is 7.60 Å². The molecule has 1 atom stereocenters. The van der Waals surface area contributed by atoms with Crippen molar-refractivity contribution in [3.63, 3.8) is 0 Å². The summed E-state index contributed by atoms with van der Waals surface area (Å²) >= 11 is 0. The smallest absolute Gasteiger partial charge is 0.809 e. The fourth-order valence-electron chi connectivity index (χ4n) is 0.184. The van der Waals surface area contributed by atoms with Crippen molar-refractivity contribution in [2.24, 2.45) is 5.73 Å². The number of hydrogen-bond acceptors (Lipinski definition) is 5. The molecule has 6 N–H and O–H groups in total. The normalized spacial score (nSPS) is 13.0. The Hall–Kier alpha value is 2.22. The number of nitrogens with two attached hydrogens (primary N) is 1. The first-order valence-electron chi connectivity index (χ1n) is 1.98. The van der Waals surface area contributed by atoms with Gasteiger partial charge >= 0.3 is 66.7 Å².